The minimum Gasteiger partial charge on any atom is -0.493 e. The van der Waals surface area contributed by atoms with Gasteiger partial charge in [0.2, 0.25) is 0 Å². The number of Topliss-reactive ketones (excluding diaryl/α,β-unsaturated/α-hetero) is 2. The van der Waals surface area contributed by atoms with Crippen LogP contribution in [0.25, 0.3) is 0 Å². The lowest BCUT2D eigenvalue weighted by molar-refractivity contribution is -0.117. The zero-order valence-electron chi connectivity index (χ0n) is 10.4. The number of carbonyl (C=O) groups excluding carboxylic acids is 2. The van der Waals surface area contributed by atoms with Gasteiger partial charge in [-0.15, -0.1) is 0 Å². The maximum atomic E-state index is 11.6. The van der Waals surface area contributed by atoms with E-state index in [1.54, 1.807) is 24.3 Å². The Balaban J connectivity index is 2.50. The van der Waals surface area contributed by atoms with Crippen molar-refractivity contribution in [2.75, 3.05) is 6.61 Å². The Morgan fingerprint density at radius 2 is 1.76 bits per heavy atom. The second-order valence-corrected chi connectivity index (χ2v) is 4.00. The molecule has 0 spiro atoms. The fourth-order valence-electron chi connectivity index (χ4n) is 1.42. The molecule has 0 heterocycles. The van der Waals surface area contributed by atoms with E-state index in [2.05, 4.69) is 0 Å². The molecule has 0 fully saturated rings. The molecule has 0 radical (unpaired) electrons. The largest absolute Gasteiger partial charge is 0.493 e. The van der Waals surface area contributed by atoms with E-state index in [0.29, 0.717) is 30.8 Å². The number of rotatable bonds is 7. The van der Waals surface area contributed by atoms with E-state index in [0.717, 1.165) is 6.42 Å². The molecular formula is C14H18O3. The Kier molecular flexibility index (Phi) is 5.40. The minimum atomic E-state index is 0.111. The van der Waals surface area contributed by atoms with E-state index >= 15 is 0 Å². The Bertz CT molecular complexity index is 379. The molecule has 0 aromatic heterocycles. The summed E-state index contributed by atoms with van der Waals surface area (Å²) in [5, 5.41) is 0. The van der Waals surface area contributed by atoms with E-state index in [1.807, 2.05) is 6.92 Å². The van der Waals surface area contributed by atoms with Gasteiger partial charge in [0.05, 0.1) is 6.61 Å². The van der Waals surface area contributed by atoms with E-state index in [-0.39, 0.29) is 11.6 Å². The van der Waals surface area contributed by atoms with Crippen LogP contribution in [0.4, 0.5) is 0 Å². The Labute approximate surface area is 102 Å². The maximum Gasteiger partial charge on any atom is 0.162 e. The molecule has 0 amide bonds. The van der Waals surface area contributed by atoms with E-state index in [1.165, 1.54) is 6.92 Å². The quantitative estimate of drug-likeness (QED) is 0.681. The molecule has 17 heavy (non-hydrogen) atoms. The highest BCUT2D eigenvalue weighted by molar-refractivity contribution is 5.96. The lowest BCUT2D eigenvalue weighted by atomic mass is 10.1. The van der Waals surface area contributed by atoms with Crippen LogP contribution < -0.4 is 4.74 Å². The molecule has 3 nitrogen and oxygen atoms in total. The summed E-state index contributed by atoms with van der Waals surface area (Å²) in [6.07, 6.45) is 1.84. The van der Waals surface area contributed by atoms with Gasteiger partial charge in [-0.3, -0.25) is 9.59 Å². The van der Waals surface area contributed by atoms with Gasteiger partial charge in [0.25, 0.3) is 0 Å². The van der Waals surface area contributed by atoms with Crippen LogP contribution in [0.3, 0.4) is 0 Å². The number of carbonyl (C=O) groups is 2. The third-order valence-corrected chi connectivity index (χ3v) is 2.38. The first-order valence-corrected chi connectivity index (χ1v) is 5.89. The van der Waals surface area contributed by atoms with Crippen molar-refractivity contribution in [3.8, 4) is 5.75 Å². The Morgan fingerprint density at radius 3 is 2.29 bits per heavy atom. The molecule has 0 saturated carbocycles. The van der Waals surface area contributed by atoms with Gasteiger partial charge in [0.15, 0.2) is 5.78 Å². The van der Waals surface area contributed by atoms with Crippen LogP contribution in [0.15, 0.2) is 24.3 Å². The summed E-state index contributed by atoms with van der Waals surface area (Å²) in [7, 11) is 0. The highest BCUT2D eigenvalue weighted by Gasteiger charge is 2.04. The molecule has 1 rings (SSSR count). The third kappa shape index (κ3) is 4.81. The Morgan fingerprint density at radius 1 is 1.12 bits per heavy atom. The van der Waals surface area contributed by atoms with Gasteiger partial charge in [-0.2, -0.15) is 0 Å². The van der Waals surface area contributed by atoms with E-state index in [4.69, 9.17) is 4.74 Å². The fraction of sp³-hybridized carbons (Fsp3) is 0.429. The highest BCUT2D eigenvalue weighted by Crippen LogP contribution is 2.14. The van der Waals surface area contributed by atoms with Crippen molar-refractivity contribution < 1.29 is 14.3 Å². The first kappa shape index (κ1) is 13.4. The molecule has 92 valence electrons. The summed E-state index contributed by atoms with van der Waals surface area (Å²) in [6, 6.07) is 7.06. The van der Waals surface area contributed by atoms with Crippen molar-refractivity contribution in [2.24, 2.45) is 0 Å². The molecule has 0 unspecified atom stereocenters. The zero-order valence-corrected chi connectivity index (χ0v) is 10.4. The second kappa shape index (κ2) is 6.84. The topological polar surface area (TPSA) is 43.4 Å². The first-order valence-electron chi connectivity index (χ1n) is 5.89. The van der Waals surface area contributed by atoms with Gasteiger partial charge in [-0.05, 0) is 37.6 Å². The van der Waals surface area contributed by atoms with Crippen molar-refractivity contribution in [1.82, 2.24) is 0 Å². The van der Waals surface area contributed by atoms with Gasteiger partial charge in [-0.1, -0.05) is 6.92 Å². The minimum absolute atomic E-state index is 0.111. The average molecular weight is 234 g/mol. The van der Waals surface area contributed by atoms with Crippen LogP contribution >= 0.6 is 0 Å². The number of benzene rings is 1. The van der Waals surface area contributed by atoms with Gasteiger partial charge < -0.3 is 4.74 Å². The summed E-state index contributed by atoms with van der Waals surface area (Å²) in [5.41, 5.74) is 0.714. The van der Waals surface area contributed by atoms with Crippen molar-refractivity contribution in [1.29, 1.82) is 0 Å². The third-order valence-electron chi connectivity index (χ3n) is 2.38. The maximum absolute atomic E-state index is 11.6. The molecule has 0 bridgehead atoms. The van der Waals surface area contributed by atoms with Crippen LogP contribution in [0.1, 0.15) is 43.5 Å². The van der Waals surface area contributed by atoms with Gasteiger partial charge in [0.1, 0.15) is 11.5 Å². The molecule has 0 N–H and O–H groups in total. The molecule has 1 aromatic carbocycles. The van der Waals surface area contributed by atoms with Crippen molar-refractivity contribution in [3.63, 3.8) is 0 Å². The normalized spacial score (nSPS) is 10.0. The summed E-state index contributed by atoms with van der Waals surface area (Å²) in [4.78, 5) is 22.3. The molecule has 0 saturated heterocycles. The van der Waals surface area contributed by atoms with Gasteiger partial charge in [0, 0.05) is 18.4 Å². The number of ether oxygens (including phenoxy) is 1. The molecule has 0 aliphatic carbocycles. The van der Waals surface area contributed by atoms with Crippen LogP contribution in [-0.2, 0) is 4.79 Å². The summed E-state index contributed by atoms with van der Waals surface area (Å²) >= 11 is 0. The SMILES string of the molecule is CCCC(=O)c1ccc(OCCC(C)=O)cc1. The average Bonchev–Trinajstić information content (AvgIpc) is 2.30. The molecular weight excluding hydrogens is 216 g/mol. The van der Waals surface area contributed by atoms with Crippen LogP contribution in [0.2, 0.25) is 0 Å². The Hall–Kier alpha value is -1.64. The summed E-state index contributed by atoms with van der Waals surface area (Å²) < 4.78 is 5.38. The molecule has 3 heteroatoms. The standard InChI is InChI=1S/C14H18O3/c1-3-4-14(16)12-5-7-13(8-6-12)17-10-9-11(2)15/h5-8H,3-4,9-10H2,1-2H3. The molecule has 0 atom stereocenters. The van der Waals surface area contributed by atoms with Crippen molar-refractivity contribution in [3.05, 3.63) is 29.8 Å². The smallest absolute Gasteiger partial charge is 0.162 e. The molecule has 0 aliphatic rings. The molecule has 0 aliphatic heterocycles. The predicted molar refractivity (Wildman–Crippen MR) is 66.5 cm³/mol. The van der Waals surface area contributed by atoms with Gasteiger partial charge >= 0.3 is 0 Å². The van der Waals surface area contributed by atoms with Crippen molar-refractivity contribution >= 4 is 11.6 Å². The second-order valence-electron chi connectivity index (χ2n) is 4.00. The first-order chi connectivity index (χ1) is 8.13. The molecule has 1 aromatic rings. The highest BCUT2D eigenvalue weighted by atomic mass is 16.5. The monoisotopic (exact) mass is 234 g/mol. The lowest BCUT2D eigenvalue weighted by Gasteiger charge is -2.05. The fourth-order valence-corrected chi connectivity index (χ4v) is 1.42. The number of hydrogen-bond donors (Lipinski definition) is 0. The number of ketones is 2. The van der Waals surface area contributed by atoms with Crippen LogP contribution in [0.5, 0.6) is 5.75 Å². The van der Waals surface area contributed by atoms with Crippen LogP contribution in [-0.4, -0.2) is 18.2 Å². The van der Waals surface area contributed by atoms with Crippen molar-refractivity contribution in [2.45, 2.75) is 33.1 Å². The lowest BCUT2D eigenvalue weighted by Crippen LogP contribution is -2.03. The number of hydrogen-bond acceptors (Lipinski definition) is 3. The zero-order chi connectivity index (χ0) is 12.7. The van der Waals surface area contributed by atoms with E-state index < -0.39 is 0 Å². The summed E-state index contributed by atoms with van der Waals surface area (Å²) in [6.45, 7) is 3.91. The van der Waals surface area contributed by atoms with Gasteiger partial charge in [-0.25, -0.2) is 0 Å². The van der Waals surface area contributed by atoms with E-state index in [9.17, 15) is 9.59 Å². The predicted octanol–water partition coefficient (Wildman–Crippen LogP) is 3.03. The summed E-state index contributed by atoms with van der Waals surface area (Å²) in [5.74, 6) is 0.960. The van der Waals surface area contributed by atoms with Crippen LogP contribution in [0, 0.1) is 0 Å².